The van der Waals surface area contributed by atoms with Crippen molar-refractivity contribution < 1.29 is 19.4 Å². The van der Waals surface area contributed by atoms with Crippen molar-refractivity contribution in [3.63, 3.8) is 0 Å². The molecule has 1 aromatic heterocycles. The van der Waals surface area contributed by atoms with Gasteiger partial charge in [0.25, 0.3) is 0 Å². The number of rotatable bonds is 3. The van der Waals surface area contributed by atoms with E-state index >= 15 is 0 Å². The molecule has 0 bridgehead atoms. The molecule has 1 saturated heterocycles. The van der Waals surface area contributed by atoms with E-state index in [2.05, 4.69) is 5.32 Å². The highest BCUT2D eigenvalue weighted by atomic mass is 32.1. The second-order valence-electron chi connectivity index (χ2n) is 5.30. The van der Waals surface area contributed by atoms with Crippen molar-refractivity contribution in [3.05, 3.63) is 21.9 Å². The van der Waals surface area contributed by atoms with Crippen molar-refractivity contribution in [2.75, 3.05) is 19.7 Å². The molecule has 114 valence electrons. The van der Waals surface area contributed by atoms with Crippen molar-refractivity contribution in [2.45, 2.75) is 31.4 Å². The molecule has 0 radical (unpaired) electrons. The molecule has 2 unspecified atom stereocenters. The van der Waals surface area contributed by atoms with Gasteiger partial charge in [0.15, 0.2) is 6.04 Å². The van der Waals surface area contributed by atoms with E-state index in [9.17, 15) is 14.7 Å². The van der Waals surface area contributed by atoms with Crippen LogP contribution in [0.1, 0.15) is 29.3 Å². The number of hydrogen-bond acceptors (Lipinski definition) is 4. The normalized spacial score (nSPS) is 24.7. The fourth-order valence-corrected chi connectivity index (χ4v) is 3.81. The van der Waals surface area contributed by atoms with Crippen molar-refractivity contribution in [2.24, 2.45) is 0 Å². The zero-order valence-corrected chi connectivity index (χ0v) is 12.4. The third-order valence-electron chi connectivity index (χ3n) is 3.97. The quantitative estimate of drug-likeness (QED) is 0.889. The van der Waals surface area contributed by atoms with Crippen LogP contribution in [-0.4, -0.2) is 47.8 Å². The summed E-state index contributed by atoms with van der Waals surface area (Å²) in [6, 6.07) is 0.595. The van der Waals surface area contributed by atoms with Gasteiger partial charge in [-0.25, -0.2) is 9.59 Å². The molecular weight excluding hydrogens is 292 g/mol. The molecule has 21 heavy (non-hydrogen) atoms. The Morgan fingerprint density at radius 2 is 2.38 bits per heavy atom. The Morgan fingerprint density at radius 1 is 1.52 bits per heavy atom. The van der Waals surface area contributed by atoms with Gasteiger partial charge in [0.2, 0.25) is 0 Å². The predicted octanol–water partition coefficient (Wildman–Crippen LogP) is 1.62. The highest BCUT2D eigenvalue weighted by molar-refractivity contribution is 7.10. The monoisotopic (exact) mass is 310 g/mol. The predicted molar refractivity (Wildman–Crippen MR) is 77.5 cm³/mol. The van der Waals surface area contributed by atoms with E-state index in [0.717, 1.165) is 29.9 Å². The Kier molecular flexibility index (Phi) is 4.12. The Balaban J connectivity index is 1.68. The zero-order valence-electron chi connectivity index (χ0n) is 11.6. The summed E-state index contributed by atoms with van der Waals surface area (Å²) in [5.74, 6) is -0.985. The van der Waals surface area contributed by atoms with Crippen molar-refractivity contribution >= 4 is 23.3 Å². The van der Waals surface area contributed by atoms with E-state index in [1.165, 1.54) is 4.90 Å². The van der Waals surface area contributed by atoms with E-state index in [1.54, 1.807) is 17.4 Å². The fraction of sp³-hybridized carbons (Fsp3) is 0.571. The molecule has 7 heteroatoms. The van der Waals surface area contributed by atoms with Gasteiger partial charge >= 0.3 is 12.0 Å². The van der Waals surface area contributed by atoms with Gasteiger partial charge in [0, 0.05) is 24.6 Å². The molecule has 3 rings (SSSR count). The highest BCUT2D eigenvalue weighted by Gasteiger charge is 2.36. The molecule has 0 aliphatic carbocycles. The van der Waals surface area contributed by atoms with Gasteiger partial charge in [0.05, 0.1) is 6.10 Å². The molecule has 1 aromatic rings. The minimum absolute atomic E-state index is 0.0544. The first kappa shape index (κ1) is 14.3. The Bertz CT molecular complexity index is 539. The molecule has 2 aliphatic rings. The summed E-state index contributed by atoms with van der Waals surface area (Å²) in [5, 5.41) is 14.1. The number of fused-ring (bicyclic) bond motifs is 1. The molecule has 0 saturated carbocycles. The number of carboxylic acid groups (broad SMARTS) is 1. The van der Waals surface area contributed by atoms with Gasteiger partial charge in [-0.05, 0) is 36.3 Å². The molecule has 2 amide bonds. The van der Waals surface area contributed by atoms with E-state index in [1.807, 2.05) is 5.38 Å². The van der Waals surface area contributed by atoms with E-state index in [0.29, 0.717) is 19.5 Å². The number of carboxylic acids is 1. The number of nitrogens with one attached hydrogen (secondary N) is 1. The number of carbonyl (C=O) groups excluding carboxylic acids is 1. The number of urea groups is 1. The molecule has 2 atom stereocenters. The van der Waals surface area contributed by atoms with Crippen LogP contribution >= 0.6 is 11.3 Å². The van der Waals surface area contributed by atoms with Gasteiger partial charge in [-0.1, -0.05) is 0 Å². The van der Waals surface area contributed by atoms with Gasteiger partial charge < -0.3 is 20.1 Å². The largest absolute Gasteiger partial charge is 0.479 e. The van der Waals surface area contributed by atoms with Gasteiger partial charge in [-0.15, -0.1) is 11.3 Å². The maximum Gasteiger partial charge on any atom is 0.331 e. The summed E-state index contributed by atoms with van der Waals surface area (Å²) in [6.45, 7) is 1.61. The summed E-state index contributed by atoms with van der Waals surface area (Å²) in [7, 11) is 0. The molecule has 2 aliphatic heterocycles. The number of ether oxygens (including phenoxy) is 1. The van der Waals surface area contributed by atoms with Crippen LogP contribution in [0.5, 0.6) is 0 Å². The minimum atomic E-state index is -0.985. The van der Waals surface area contributed by atoms with Crippen LogP contribution in [0.2, 0.25) is 0 Å². The van der Waals surface area contributed by atoms with Crippen LogP contribution in [0.3, 0.4) is 0 Å². The van der Waals surface area contributed by atoms with Crippen LogP contribution in [0.4, 0.5) is 4.79 Å². The summed E-state index contributed by atoms with van der Waals surface area (Å²) in [6.07, 6.45) is 2.72. The second-order valence-corrected chi connectivity index (χ2v) is 6.31. The minimum Gasteiger partial charge on any atom is -0.479 e. The lowest BCUT2D eigenvalue weighted by atomic mass is 10.0. The first-order valence-corrected chi connectivity index (χ1v) is 8.00. The molecule has 0 aromatic carbocycles. The van der Waals surface area contributed by atoms with Crippen LogP contribution in [-0.2, 0) is 16.0 Å². The fourth-order valence-electron chi connectivity index (χ4n) is 2.91. The average molecular weight is 310 g/mol. The number of hydrogen-bond donors (Lipinski definition) is 2. The lowest BCUT2D eigenvalue weighted by molar-refractivity contribution is -0.142. The van der Waals surface area contributed by atoms with E-state index in [-0.39, 0.29) is 12.1 Å². The van der Waals surface area contributed by atoms with Gasteiger partial charge in [0.1, 0.15) is 0 Å². The number of nitrogens with zero attached hydrogens (tertiary/aromatic N) is 1. The van der Waals surface area contributed by atoms with Crippen molar-refractivity contribution in [1.29, 1.82) is 0 Å². The van der Waals surface area contributed by atoms with Crippen LogP contribution < -0.4 is 5.32 Å². The lowest BCUT2D eigenvalue weighted by Gasteiger charge is -2.33. The van der Waals surface area contributed by atoms with Crippen LogP contribution in [0.25, 0.3) is 0 Å². The summed E-state index contributed by atoms with van der Waals surface area (Å²) in [4.78, 5) is 26.3. The molecule has 3 heterocycles. The topological polar surface area (TPSA) is 78.9 Å². The van der Waals surface area contributed by atoms with E-state index < -0.39 is 12.0 Å². The summed E-state index contributed by atoms with van der Waals surface area (Å²) >= 11 is 1.55. The molecule has 1 fully saturated rings. The summed E-state index contributed by atoms with van der Waals surface area (Å²) < 4.78 is 5.46. The smallest absolute Gasteiger partial charge is 0.331 e. The average Bonchev–Trinajstić information content (AvgIpc) is 3.14. The van der Waals surface area contributed by atoms with Crippen LogP contribution in [0, 0.1) is 0 Å². The van der Waals surface area contributed by atoms with Crippen molar-refractivity contribution in [3.8, 4) is 0 Å². The van der Waals surface area contributed by atoms with E-state index in [4.69, 9.17) is 4.74 Å². The Morgan fingerprint density at radius 3 is 3.10 bits per heavy atom. The SMILES string of the molecule is O=C(O)C1c2ccsc2CCN1C(=O)NCC1CCCO1. The van der Waals surface area contributed by atoms with Gasteiger partial charge in [-0.3, -0.25) is 0 Å². The number of carbonyl (C=O) groups is 2. The van der Waals surface area contributed by atoms with Crippen LogP contribution in [0.15, 0.2) is 11.4 Å². The molecular formula is C14H18N2O4S. The maximum atomic E-state index is 12.3. The second kappa shape index (κ2) is 6.03. The van der Waals surface area contributed by atoms with Gasteiger partial charge in [-0.2, -0.15) is 0 Å². The first-order chi connectivity index (χ1) is 10.2. The number of thiophene rings is 1. The molecule has 6 nitrogen and oxygen atoms in total. The number of aliphatic carboxylic acids is 1. The standard InChI is InChI=1S/C14H18N2O4S/c17-13(18)12-10-4-7-21-11(10)3-5-16(12)14(19)15-8-9-2-1-6-20-9/h4,7,9,12H,1-3,5-6,8H2,(H,15,19)(H,17,18). The number of amides is 2. The lowest BCUT2D eigenvalue weighted by Crippen LogP contribution is -2.49. The molecule has 0 spiro atoms. The third-order valence-corrected chi connectivity index (χ3v) is 4.96. The molecule has 2 N–H and O–H groups in total. The zero-order chi connectivity index (χ0) is 14.8. The van der Waals surface area contributed by atoms with Crippen molar-refractivity contribution in [1.82, 2.24) is 10.2 Å². The third kappa shape index (κ3) is 2.89. The highest BCUT2D eigenvalue weighted by Crippen LogP contribution is 2.33. The maximum absolute atomic E-state index is 12.3. The Hall–Kier alpha value is -1.60. The first-order valence-electron chi connectivity index (χ1n) is 7.12. The summed E-state index contributed by atoms with van der Waals surface area (Å²) in [5.41, 5.74) is 0.742. The Labute approximate surface area is 126 Å².